The fourth-order valence-corrected chi connectivity index (χ4v) is 2.42. The molecule has 2 amide bonds. The van der Waals surface area contributed by atoms with Crippen molar-refractivity contribution in [2.45, 2.75) is 20.3 Å². The number of nitrogens with one attached hydrogen (secondary N) is 1. The van der Waals surface area contributed by atoms with Crippen molar-refractivity contribution in [2.75, 3.05) is 23.4 Å². The molecule has 1 N–H and O–H groups in total. The van der Waals surface area contributed by atoms with E-state index in [-0.39, 0.29) is 24.8 Å². The Balaban J connectivity index is 1.99. The van der Waals surface area contributed by atoms with Gasteiger partial charge in [0.05, 0.1) is 12.2 Å². The zero-order chi connectivity index (χ0) is 18.9. The van der Waals surface area contributed by atoms with E-state index in [1.54, 1.807) is 43.3 Å². The minimum absolute atomic E-state index is 0.161. The number of carbonyl (C=O) groups is 3. The Hall–Kier alpha value is -3.15. The minimum Gasteiger partial charge on any atom is -0.462 e. The first kappa shape index (κ1) is 19.2. The maximum Gasteiger partial charge on any atom is 0.338 e. The Morgan fingerprint density at radius 1 is 1.00 bits per heavy atom. The van der Waals surface area contributed by atoms with Gasteiger partial charge in [-0.1, -0.05) is 18.2 Å². The quantitative estimate of drug-likeness (QED) is 0.775. The standard InChI is InChI=1S/C20H22N2O4/c1-3-26-20(25)16-9-11-18(12-10-16)22(15(2)23)14-13-19(24)21-17-7-5-4-6-8-17/h4-12H,3,13-14H2,1-2H3,(H,21,24). The van der Waals surface area contributed by atoms with Crippen molar-refractivity contribution in [3.05, 3.63) is 60.2 Å². The molecule has 6 heteroatoms. The summed E-state index contributed by atoms with van der Waals surface area (Å²) >= 11 is 0. The van der Waals surface area contributed by atoms with E-state index in [1.807, 2.05) is 18.2 Å². The zero-order valence-corrected chi connectivity index (χ0v) is 14.9. The van der Waals surface area contributed by atoms with Crippen LogP contribution in [0.25, 0.3) is 0 Å². The monoisotopic (exact) mass is 354 g/mol. The maximum absolute atomic E-state index is 12.1. The normalized spacial score (nSPS) is 10.1. The van der Waals surface area contributed by atoms with E-state index < -0.39 is 5.97 Å². The number of carbonyl (C=O) groups excluding carboxylic acids is 3. The highest BCUT2D eigenvalue weighted by atomic mass is 16.5. The van der Waals surface area contributed by atoms with Crippen LogP contribution in [0.1, 0.15) is 30.6 Å². The van der Waals surface area contributed by atoms with Crippen LogP contribution in [0.15, 0.2) is 54.6 Å². The number of anilines is 2. The van der Waals surface area contributed by atoms with Gasteiger partial charge in [0, 0.05) is 31.3 Å². The lowest BCUT2D eigenvalue weighted by Crippen LogP contribution is -2.32. The Bertz CT molecular complexity index is 757. The van der Waals surface area contributed by atoms with Gasteiger partial charge in [-0.3, -0.25) is 9.59 Å². The highest BCUT2D eigenvalue weighted by Gasteiger charge is 2.15. The number of benzene rings is 2. The Kier molecular flexibility index (Phi) is 6.91. The second kappa shape index (κ2) is 9.36. The highest BCUT2D eigenvalue weighted by Crippen LogP contribution is 2.17. The van der Waals surface area contributed by atoms with Crippen molar-refractivity contribution >= 4 is 29.2 Å². The van der Waals surface area contributed by atoms with E-state index >= 15 is 0 Å². The molecule has 0 atom stereocenters. The molecule has 0 aliphatic rings. The number of rotatable bonds is 7. The molecule has 2 aromatic carbocycles. The average Bonchev–Trinajstić information content (AvgIpc) is 2.63. The number of hydrogen-bond acceptors (Lipinski definition) is 4. The van der Waals surface area contributed by atoms with Crippen LogP contribution >= 0.6 is 0 Å². The molecule has 26 heavy (non-hydrogen) atoms. The summed E-state index contributed by atoms with van der Waals surface area (Å²) in [5, 5.41) is 2.79. The lowest BCUT2D eigenvalue weighted by Gasteiger charge is -2.21. The average molecular weight is 354 g/mol. The number of ether oxygens (including phenoxy) is 1. The molecule has 136 valence electrons. The maximum atomic E-state index is 12.1. The van der Waals surface area contributed by atoms with Gasteiger partial charge in [-0.2, -0.15) is 0 Å². The van der Waals surface area contributed by atoms with Crippen LogP contribution in [0.5, 0.6) is 0 Å². The van der Waals surface area contributed by atoms with Crippen LogP contribution in [-0.2, 0) is 14.3 Å². The topological polar surface area (TPSA) is 75.7 Å². The van der Waals surface area contributed by atoms with E-state index in [2.05, 4.69) is 5.32 Å². The van der Waals surface area contributed by atoms with E-state index in [4.69, 9.17) is 4.74 Å². The second-order valence-corrected chi connectivity index (χ2v) is 5.60. The lowest BCUT2D eigenvalue weighted by molar-refractivity contribution is -0.117. The van der Waals surface area contributed by atoms with Crippen molar-refractivity contribution < 1.29 is 19.1 Å². The largest absolute Gasteiger partial charge is 0.462 e. The molecule has 2 aromatic rings. The number of para-hydroxylation sites is 1. The highest BCUT2D eigenvalue weighted by molar-refractivity contribution is 5.95. The molecule has 0 aromatic heterocycles. The molecule has 0 spiro atoms. The van der Waals surface area contributed by atoms with Crippen LogP contribution in [0.4, 0.5) is 11.4 Å². The van der Waals surface area contributed by atoms with E-state index in [1.165, 1.54) is 11.8 Å². The third-order valence-corrected chi connectivity index (χ3v) is 3.69. The van der Waals surface area contributed by atoms with Gasteiger partial charge in [-0.25, -0.2) is 4.79 Å². The second-order valence-electron chi connectivity index (χ2n) is 5.60. The summed E-state index contributed by atoms with van der Waals surface area (Å²) in [5.41, 5.74) is 1.75. The van der Waals surface area contributed by atoms with Crippen molar-refractivity contribution in [3.63, 3.8) is 0 Å². The fourth-order valence-electron chi connectivity index (χ4n) is 2.42. The third-order valence-electron chi connectivity index (χ3n) is 3.69. The smallest absolute Gasteiger partial charge is 0.338 e. The molecular weight excluding hydrogens is 332 g/mol. The van der Waals surface area contributed by atoms with Crippen molar-refractivity contribution in [1.29, 1.82) is 0 Å². The summed E-state index contributed by atoms with van der Waals surface area (Å²) in [5.74, 6) is -0.761. The van der Waals surface area contributed by atoms with Gasteiger partial charge in [0.2, 0.25) is 11.8 Å². The van der Waals surface area contributed by atoms with Crippen LogP contribution in [0, 0.1) is 0 Å². The van der Waals surface area contributed by atoms with Gasteiger partial charge < -0.3 is 15.0 Å². The van der Waals surface area contributed by atoms with E-state index in [0.717, 1.165) is 0 Å². The molecule has 0 unspecified atom stereocenters. The molecular formula is C20H22N2O4. The summed E-state index contributed by atoms with van der Waals surface area (Å²) in [6, 6.07) is 15.7. The van der Waals surface area contributed by atoms with E-state index in [9.17, 15) is 14.4 Å². The summed E-state index contributed by atoms with van der Waals surface area (Å²) in [7, 11) is 0. The molecule has 0 heterocycles. The van der Waals surface area contributed by atoms with Crippen molar-refractivity contribution in [2.24, 2.45) is 0 Å². The van der Waals surface area contributed by atoms with Gasteiger partial charge >= 0.3 is 5.97 Å². The third kappa shape index (κ3) is 5.44. The Morgan fingerprint density at radius 2 is 1.65 bits per heavy atom. The van der Waals surface area contributed by atoms with Gasteiger partial charge in [0.15, 0.2) is 0 Å². The molecule has 0 radical (unpaired) electrons. The Morgan fingerprint density at radius 3 is 2.23 bits per heavy atom. The van der Waals surface area contributed by atoms with Gasteiger partial charge in [-0.15, -0.1) is 0 Å². The van der Waals surface area contributed by atoms with Crippen LogP contribution in [0.2, 0.25) is 0 Å². The molecule has 0 saturated carbocycles. The first-order valence-corrected chi connectivity index (χ1v) is 8.41. The number of nitrogens with zero attached hydrogens (tertiary/aromatic N) is 1. The predicted octanol–water partition coefficient (Wildman–Crippen LogP) is 3.25. The van der Waals surface area contributed by atoms with Crippen LogP contribution < -0.4 is 10.2 Å². The molecule has 0 aliphatic carbocycles. The zero-order valence-electron chi connectivity index (χ0n) is 14.9. The Labute approximate surface area is 152 Å². The summed E-state index contributed by atoms with van der Waals surface area (Å²) in [6.45, 7) is 3.72. The number of hydrogen-bond donors (Lipinski definition) is 1. The molecule has 0 saturated heterocycles. The van der Waals surface area contributed by atoms with Crippen molar-refractivity contribution in [1.82, 2.24) is 0 Å². The lowest BCUT2D eigenvalue weighted by atomic mass is 10.2. The molecule has 6 nitrogen and oxygen atoms in total. The van der Waals surface area contributed by atoms with E-state index in [0.29, 0.717) is 23.5 Å². The van der Waals surface area contributed by atoms with Gasteiger partial charge in [-0.05, 0) is 43.3 Å². The molecule has 0 aliphatic heterocycles. The molecule has 2 rings (SSSR count). The summed E-state index contributed by atoms with van der Waals surface area (Å²) in [6.07, 6.45) is 0.161. The van der Waals surface area contributed by atoms with Crippen molar-refractivity contribution in [3.8, 4) is 0 Å². The summed E-state index contributed by atoms with van der Waals surface area (Å²) in [4.78, 5) is 37.2. The minimum atomic E-state index is -0.407. The predicted molar refractivity (Wildman–Crippen MR) is 100 cm³/mol. The number of amides is 2. The van der Waals surface area contributed by atoms with Gasteiger partial charge in [0.1, 0.15) is 0 Å². The summed E-state index contributed by atoms with van der Waals surface area (Å²) < 4.78 is 4.94. The van der Waals surface area contributed by atoms with Crippen LogP contribution in [-0.4, -0.2) is 30.9 Å². The molecule has 0 bridgehead atoms. The SMILES string of the molecule is CCOC(=O)c1ccc(N(CCC(=O)Nc2ccccc2)C(C)=O)cc1. The van der Waals surface area contributed by atoms with Crippen LogP contribution in [0.3, 0.4) is 0 Å². The first-order valence-electron chi connectivity index (χ1n) is 8.41. The number of esters is 1. The first-order chi connectivity index (χ1) is 12.5. The molecule has 0 fully saturated rings. The fraction of sp³-hybridized carbons (Fsp3) is 0.250. The van der Waals surface area contributed by atoms with Gasteiger partial charge in [0.25, 0.3) is 0 Å².